The molecule has 0 amide bonds. The standard InChI is InChI=1S/C22H20N2O.C20H17N3O.C19H14N2O2.C19H14N2O.C18H11ClN2O.C18H13N3O/c1-22(2,3)16-8-5-15(6-9-16)7-12-20-19(14-23)18-11-10-17(25-4)13-21(18)24-20;1-23(2)15-7-4-14(5-8-15)6-11-19-18(13-21)17-10-9-16(24-3)12-20(17)22-19;1-22-14-5-3-4-13(10-14)6-9-18-17(12-20)16-8-7-15(23-2)11-19(16)21-18;1-13-3-5-14(6-4-13)7-10-18-17(12-20)16-9-8-15(22-2)11-19(16)21-18;1-22-14-6-7-15-16(11-20)17(21-18(15)10-14)8-5-12-3-2-4-13(19)9-12;1-22-14-7-8-15-16(11-19)17(21-18(15)10-14)9-4-12-2-5-13(20)6-3-12/h5-6,8-11,13,24H,1-4H3;4-5,7-10,12,22H,1-3H3;3-5,7-8,10-11,21H,1-2H3;3-6,8-9,11,21H,1-2H3;2-4,6-7,9-10,21H,1H3;2-3,5-8,10,21H,20H2,1H3. The highest BCUT2D eigenvalue weighted by molar-refractivity contribution is 6.30. The fourth-order valence-corrected chi connectivity index (χ4v) is 14.4. The lowest BCUT2D eigenvalue weighted by Gasteiger charge is -2.18. The lowest BCUT2D eigenvalue weighted by Crippen LogP contribution is -2.10. The zero-order chi connectivity index (χ0) is 97.9. The first-order valence-electron chi connectivity index (χ1n) is 42.8. The second-order valence-corrected chi connectivity index (χ2v) is 32.3. The van der Waals surface area contributed by atoms with E-state index in [4.69, 9.17) is 50.5 Å². The maximum atomic E-state index is 9.49. The summed E-state index contributed by atoms with van der Waals surface area (Å²) in [4.78, 5) is 21.2. The maximum Gasteiger partial charge on any atom is 0.120 e. The molecule has 21 nitrogen and oxygen atoms in total. The van der Waals surface area contributed by atoms with Gasteiger partial charge in [-0.3, -0.25) is 0 Å². The summed E-state index contributed by atoms with van der Waals surface area (Å²) in [5, 5.41) is 62.2. The molecule has 672 valence electrons. The molecule has 0 aliphatic rings. The number of nitrogens with zero attached hydrogens (tertiary/aromatic N) is 7. The van der Waals surface area contributed by atoms with Crippen molar-refractivity contribution in [2.45, 2.75) is 33.1 Å². The van der Waals surface area contributed by atoms with Crippen LogP contribution < -0.4 is 43.8 Å². The van der Waals surface area contributed by atoms with Gasteiger partial charge < -0.3 is 73.7 Å². The number of halogens is 1. The molecule has 6 heterocycles. The molecule has 12 aromatic carbocycles. The Labute approximate surface area is 805 Å². The van der Waals surface area contributed by atoms with Crippen LogP contribution in [0.1, 0.15) is 133 Å². The molecule has 22 heteroatoms. The Bertz CT molecular complexity index is 8150. The summed E-state index contributed by atoms with van der Waals surface area (Å²) in [6, 6.07) is 93.0. The Morgan fingerprint density at radius 3 is 0.768 bits per heavy atom. The van der Waals surface area contributed by atoms with Gasteiger partial charge in [0, 0.05) is 133 Å². The number of nitrogen functional groups attached to an aromatic ring is 1. The van der Waals surface area contributed by atoms with Crippen molar-refractivity contribution in [2.24, 2.45) is 0 Å². The Morgan fingerprint density at radius 1 is 0.275 bits per heavy atom. The number of rotatable bonds is 8. The fraction of sp³-hybridized carbons (Fsp3) is 0.121. The van der Waals surface area contributed by atoms with Crippen molar-refractivity contribution < 1.29 is 33.2 Å². The topological polar surface area (TPSA) is 331 Å². The minimum atomic E-state index is 0.121. The summed E-state index contributed by atoms with van der Waals surface area (Å²) >= 11 is 5.94. The SMILES string of the molecule is COc1ccc2c(C#N)c(C#Cc3ccc(C(C)(C)C)cc3)[nH]c2c1.COc1ccc2c(C#N)c(C#Cc3ccc(C)cc3)[nH]c2c1.COc1ccc2c(C#N)c(C#Cc3ccc(N(C)C)cc3)[nH]c2c1.COc1ccc2c(C#N)c(C#Cc3ccc(N)cc3)[nH]c2c1.COc1ccc2c(C#N)c(C#Cc3cccc(Cl)c3)[nH]c2c1.COc1cccc(C#Cc2[nH]c3cc(OC)ccc3c2C#N)c1. The van der Waals surface area contributed by atoms with Gasteiger partial charge in [-0.15, -0.1) is 0 Å². The highest BCUT2D eigenvalue weighted by Gasteiger charge is 2.19. The van der Waals surface area contributed by atoms with Crippen LogP contribution in [0.25, 0.3) is 65.4 Å². The van der Waals surface area contributed by atoms with Gasteiger partial charge in [-0.1, -0.05) is 110 Å². The van der Waals surface area contributed by atoms with Crippen molar-refractivity contribution in [1.29, 1.82) is 31.6 Å². The van der Waals surface area contributed by atoms with Crippen LogP contribution in [0.3, 0.4) is 0 Å². The molecule has 0 unspecified atom stereocenters. The number of aromatic amines is 6. The summed E-state index contributed by atoms with van der Waals surface area (Å²) in [6.07, 6.45) is 0. The number of H-pyrrole nitrogens is 6. The second kappa shape index (κ2) is 45.0. The Kier molecular flexibility index (Phi) is 31.4. The normalized spacial score (nSPS) is 10.0. The molecule has 18 rings (SSSR count). The number of anilines is 2. The van der Waals surface area contributed by atoms with Gasteiger partial charge in [-0.2, -0.15) is 31.6 Å². The molecule has 0 fully saturated rings. The molecule has 0 spiro atoms. The number of nitriles is 6. The minimum Gasteiger partial charge on any atom is -0.497 e. The molecule has 0 bridgehead atoms. The van der Waals surface area contributed by atoms with Crippen molar-refractivity contribution in [1.82, 2.24) is 29.9 Å². The van der Waals surface area contributed by atoms with E-state index in [9.17, 15) is 31.6 Å². The van der Waals surface area contributed by atoms with Crippen LogP contribution in [-0.4, -0.2) is 93.8 Å². The number of aryl methyl sites for hydroxylation is 1. The van der Waals surface area contributed by atoms with Crippen molar-refractivity contribution in [3.8, 4) is 148 Å². The largest absolute Gasteiger partial charge is 0.497 e. The predicted molar refractivity (Wildman–Crippen MR) is 546 cm³/mol. The lowest BCUT2D eigenvalue weighted by molar-refractivity contribution is 0.414. The van der Waals surface area contributed by atoms with Crippen molar-refractivity contribution >= 4 is 88.4 Å². The molecule has 18 aromatic rings. The van der Waals surface area contributed by atoms with Gasteiger partial charge in [-0.25, -0.2) is 0 Å². The summed E-state index contributed by atoms with van der Waals surface area (Å²) < 4.78 is 36.4. The van der Waals surface area contributed by atoms with E-state index in [-0.39, 0.29) is 5.41 Å². The first kappa shape index (κ1) is 96.2. The molecule has 0 saturated carbocycles. The van der Waals surface area contributed by atoms with E-state index in [1.165, 1.54) is 11.1 Å². The van der Waals surface area contributed by atoms with Gasteiger partial charge in [0.1, 0.15) is 111 Å². The van der Waals surface area contributed by atoms with Crippen molar-refractivity contribution in [3.63, 3.8) is 0 Å². The third-order valence-corrected chi connectivity index (χ3v) is 21.9. The van der Waals surface area contributed by atoms with Crippen LogP contribution in [-0.2, 0) is 5.41 Å². The van der Waals surface area contributed by atoms with Crippen LogP contribution in [0.2, 0.25) is 5.02 Å². The molecular formula is C116H89ClN14O7. The molecule has 0 saturated heterocycles. The minimum absolute atomic E-state index is 0.121. The molecule has 8 N–H and O–H groups in total. The van der Waals surface area contributed by atoms with Crippen molar-refractivity contribution in [3.05, 3.63) is 372 Å². The zero-order valence-corrected chi connectivity index (χ0v) is 78.4. The Morgan fingerprint density at radius 2 is 0.514 bits per heavy atom. The average Bonchev–Trinajstić information content (AvgIpc) is 1.68. The molecule has 0 aliphatic heterocycles. The first-order chi connectivity index (χ1) is 66.9. The molecule has 0 aliphatic carbocycles. The summed E-state index contributed by atoms with van der Waals surface area (Å²) in [5.74, 6) is 41.9. The van der Waals surface area contributed by atoms with E-state index < -0.39 is 0 Å². The van der Waals surface area contributed by atoms with Crippen LogP contribution in [0.5, 0.6) is 40.2 Å². The summed E-state index contributed by atoms with van der Waals surface area (Å²) in [7, 11) is 15.3. The molecule has 0 atom stereocenters. The van der Waals surface area contributed by atoms with E-state index in [0.29, 0.717) is 78.3 Å². The van der Waals surface area contributed by atoms with Crippen LogP contribution in [0, 0.1) is 146 Å². The third-order valence-electron chi connectivity index (χ3n) is 21.7. The molecule has 0 radical (unpaired) electrons. The number of nitrogens with one attached hydrogen (secondary N) is 6. The van der Waals surface area contributed by atoms with Crippen molar-refractivity contribution in [2.75, 3.05) is 74.5 Å². The monoisotopic (exact) mass is 1820 g/mol. The van der Waals surface area contributed by atoms with Crippen LogP contribution in [0.15, 0.2) is 255 Å². The lowest BCUT2D eigenvalue weighted by atomic mass is 9.87. The second-order valence-electron chi connectivity index (χ2n) is 31.9. The quantitative estimate of drug-likeness (QED) is 0.0549. The van der Waals surface area contributed by atoms with E-state index in [0.717, 1.165) is 145 Å². The molecule has 138 heavy (non-hydrogen) atoms. The number of ether oxygens (including phenoxy) is 7. The maximum absolute atomic E-state index is 9.49. The number of hydrogen-bond donors (Lipinski definition) is 7. The third kappa shape index (κ3) is 23.7. The number of benzene rings is 12. The summed E-state index contributed by atoms with van der Waals surface area (Å²) in [5.41, 5.74) is 27.3. The number of hydrogen-bond acceptors (Lipinski definition) is 15. The number of nitrogens with two attached hydrogens (primary N) is 1. The smallest absolute Gasteiger partial charge is 0.120 e. The highest BCUT2D eigenvalue weighted by atomic mass is 35.5. The Balaban J connectivity index is 0.000000140. The number of methoxy groups -OCH3 is 7. The van der Waals surface area contributed by atoms with Gasteiger partial charge in [0.25, 0.3) is 0 Å². The fourth-order valence-electron chi connectivity index (χ4n) is 14.3. The van der Waals surface area contributed by atoms with E-state index >= 15 is 0 Å². The van der Waals surface area contributed by atoms with E-state index in [1.807, 2.05) is 244 Å². The van der Waals surface area contributed by atoms with Gasteiger partial charge >= 0.3 is 0 Å². The van der Waals surface area contributed by atoms with Crippen LogP contribution in [0.4, 0.5) is 11.4 Å². The highest BCUT2D eigenvalue weighted by Crippen LogP contribution is 2.33. The first-order valence-corrected chi connectivity index (χ1v) is 43.2. The van der Waals surface area contributed by atoms with Gasteiger partial charge in [0.05, 0.1) is 116 Å². The van der Waals surface area contributed by atoms with E-state index in [1.54, 1.807) is 74.0 Å². The van der Waals surface area contributed by atoms with Crippen LogP contribution >= 0.6 is 11.6 Å². The molecular weight excluding hydrogens is 1740 g/mol. The van der Waals surface area contributed by atoms with Gasteiger partial charge in [0.2, 0.25) is 0 Å². The predicted octanol–water partition coefficient (Wildman–Crippen LogP) is 22.6. The van der Waals surface area contributed by atoms with Gasteiger partial charge in [0.15, 0.2) is 0 Å². The number of aromatic nitrogens is 6. The Hall–Kier alpha value is -19.3. The zero-order valence-electron chi connectivity index (χ0n) is 77.7. The van der Waals surface area contributed by atoms with Gasteiger partial charge in [-0.05, 0) is 235 Å². The number of fused-ring (bicyclic) bond motifs is 6. The molecule has 6 aromatic heterocycles. The average molecular weight is 1830 g/mol. The van der Waals surface area contributed by atoms with E-state index in [2.05, 4.69) is 170 Å². The summed E-state index contributed by atoms with van der Waals surface area (Å²) in [6.45, 7) is 8.60.